The molecule has 0 radical (unpaired) electrons. The summed E-state index contributed by atoms with van der Waals surface area (Å²) in [6.07, 6.45) is 5.97. The maximum atomic E-state index is 5.73. The number of piperidine rings is 2. The number of hydrogen-bond acceptors (Lipinski definition) is 4. The minimum Gasteiger partial charge on any atom is -0.468 e. The summed E-state index contributed by atoms with van der Waals surface area (Å²) < 4.78 is 5.73. The van der Waals surface area contributed by atoms with E-state index in [-0.39, 0.29) is 0 Å². The first-order valence-electron chi connectivity index (χ1n) is 8.46. The van der Waals surface area contributed by atoms with Gasteiger partial charge in [0.2, 0.25) is 0 Å². The molecule has 3 heterocycles. The number of hydrogen-bond donors (Lipinski definition) is 1. The molecule has 0 spiro atoms. The summed E-state index contributed by atoms with van der Waals surface area (Å²) in [6, 6.07) is 3.03. The van der Waals surface area contributed by atoms with Crippen LogP contribution >= 0.6 is 0 Å². The van der Waals surface area contributed by atoms with E-state index < -0.39 is 0 Å². The van der Waals surface area contributed by atoms with Gasteiger partial charge in [-0.05, 0) is 51.4 Å². The summed E-state index contributed by atoms with van der Waals surface area (Å²) in [6.45, 7) is 8.74. The van der Waals surface area contributed by atoms with E-state index in [4.69, 9.17) is 4.42 Å². The minimum atomic E-state index is 0.816. The van der Waals surface area contributed by atoms with Crippen LogP contribution in [0.15, 0.2) is 16.7 Å². The molecular formula is C17H29N3O. The SMILES string of the molecule is CCNCc1coc(CN2CCC3C(CCCN3C)C2)c1. The van der Waals surface area contributed by atoms with Crippen molar-refractivity contribution in [2.24, 2.45) is 5.92 Å². The zero-order valence-corrected chi connectivity index (χ0v) is 13.5. The molecule has 1 aromatic rings. The normalized spacial score (nSPS) is 27.7. The average molecular weight is 291 g/mol. The van der Waals surface area contributed by atoms with Crippen LogP contribution in [0.1, 0.15) is 37.5 Å². The number of fused-ring (bicyclic) bond motifs is 1. The van der Waals surface area contributed by atoms with Gasteiger partial charge in [0.25, 0.3) is 0 Å². The molecule has 118 valence electrons. The molecule has 0 saturated carbocycles. The standard InChI is InChI=1S/C17H29N3O/c1-3-18-10-14-9-16(21-13-14)12-20-8-6-17-15(11-20)5-4-7-19(17)2/h9,13,15,17-18H,3-8,10-12H2,1-2H3. The van der Waals surface area contributed by atoms with E-state index in [1.54, 1.807) is 0 Å². The van der Waals surface area contributed by atoms with Crippen molar-refractivity contribution in [3.8, 4) is 0 Å². The molecule has 4 heteroatoms. The maximum Gasteiger partial charge on any atom is 0.118 e. The first-order valence-corrected chi connectivity index (χ1v) is 8.46. The molecule has 2 unspecified atom stereocenters. The molecule has 1 N–H and O–H groups in total. The Kier molecular flexibility index (Phi) is 4.99. The van der Waals surface area contributed by atoms with Gasteiger partial charge >= 0.3 is 0 Å². The van der Waals surface area contributed by atoms with E-state index in [1.807, 2.05) is 6.26 Å². The molecule has 0 bridgehead atoms. The lowest BCUT2D eigenvalue weighted by molar-refractivity contribution is 0.0330. The Labute approximate surface area is 128 Å². The van der Waals surface area contributed by atoms with Crippen molar-refractivity contribution in [3.63, 3.8) is 0 Å². The Morgan fingerprint density at radius 1 is 1.33 bits per heavy atom. The number of nitrogens with one attached hydrogen (secondary N) is 1. The Balaban J connectivity index is 1.53. The third-order valence-electron chi connectivity index (χ3n) is 5.10. The molecule has 3 rings (SSSR count). The maximum absolute atomic E-state index is 5.73. The number of nitrogens with zero attached hydrogens (tertiary/aromatic N) is 2. The lowest BCUT2D eigenvalue weighted by Crippen LogP contribution is -2.52. The molecule has 2 fully saturated rings. The van der Waals surface area contributed by atoms with E-state index >= 15 is 0 Å². The minimum absolute atomic E-state index is 0.816. The Bertz CT molecular complexity index is 445. The van der Waals surface area contributed by atoms with Gasteiger partial charge < -0.3 is 14.6 Å². The lowest BCUT2D eigenvalue weighted by atomic mass is 9.84. The van der Waals surface area contributed by atoms with Crippen LogP contribution in [0.4, 0.5) is 0 Å². The van der Waals surface area contributed by atoms with Crippen LogP contribution in [0.5, 0.6) is 0 Å². The largest absolute Gasteiger partial charge is 0.468 e. The van der Waals surface area contributed by atoms with Crippen LogP contribution in [-0.2, 0) is 13.1 Å². The molecule has 2 aliphatic heterocycles. The Hall–Kier alpha value is -0.840. The molecule has 1 aromatic heterocycles. The fourth-order valence-electron chi connectivity index (χ4n) is 3.96. The van der Waals surface area contributed by atoms with Crippen LogP contribution in [0.3, 0.4) is 0 Å². The zero-order valence-electron chi connectivity index (χ0n) is 13.5. The summed E-state index contributed by atoms with van der Waals surface area (Å²) in [7, 11) is 2.30. The quantitative estimate of drug-likeness (QED) is 0.902. The summed E-state index contributed by atoms with van der Waals surface area (Å²) >= 11 is 0. The van der Waals surface area contributed by atoms with E-state index in [0.717, 1.165) is 37.4 Å². The third kappa shape index (κ3) is 3.68. The van der Waals surface area contributed by atoms with Crippen molar-refractivity contribution >= 4 is 0 Å². The monoisotopic (exact) mass is 291 g/mol. The van der Waals surface area contributed by atoms with Crippen LogP contribution in [-0.4, -0.2) is 49.1 Å². The molecule has 0 aliphatic carbocycles. The van der Waals surface area contributed by atoms with Gasteiger partial charge in [-0.15, -0.1) is 0 Å². The fourth-order valence-corrected chi connectivity index (χ4v) is 3.96. The van der Waals surface area contributed by atoms with Gasteiger partial charge in [0, 0.05) is 31.2 Å². The summed E-state index contributed by atoms with van der Waals surface area (Å²) in [4.78, 5) is 5.16. The van der Waals surface area contributed by atoms with Crippen LogP contribution < -0.4 is 5.32 Å². The molecule has 0 aromatic carbocycles. The van der Waals surface area contributed by atoms with Crippen molar-refractivity contribution in [2.45, 2.75) is 45.3 Å². The van der Waals surface area contributed by atoms with E-state index in [9.17, 15) is 0 Å². The number of rotatable bonds is 5. The zero-order chi connectivity index (χ0) is 14.7. The van der Waals surface area contributed by atoms with E-state index in [2.05, 4.69) is 35.2 Å². The number of furan rings is 1. The van der Waals surface area contributed by atoms with Gasteiger partial charge in [0.05, 0.1) is 12.8 Å². The van der Waals surface area contributed by atoms with Gasteiger partial charge in [0.1, 0.15) is 5.76 Å². The molecule has 2 atom stereocenters. The second-order valence-corrected chi connectivity index (χ2v) is 6.68. The molecule has 4 nitrogen and oxygen atoms in total. The first kappa shape index (κ1) is 15.1. The summed E-state index contributed by atoms with van der Waals surface area (Å²) in [5, 5.41) is 3.34. The van der Waals surface area contributed by atoms with Gasteiger partial charge in [-0.25, -0.2) is 0 Å². The first-order chi connectivity index (χ1) is 10.3. The molecule has 21 heavy (non-hydrogen) atoms. The van der Waals surface area contributed by atoms with Gasteiger partial charge in [0.15, 0.2) is 0 Å². The van der Waals surface area contributed by atoms with Gasteiger partial charge in [-0.2, -0.15) is 0 Å². The Morgan fingerprint density at radius 3 is 3.10 bits per heavy atom. The summed E-state index contributed by atoms with van der Waals surface area (Å²) in [5.74, 6) is 1.97. The second-order valence-electron chi connectivity index (χ2n) is 6.68. The number of likely N-dealkylation sites (tertiary alicyclic amines) is 2. The lowest BCUT2D eigenvalue weighted by Gasteiger charge is -2.45. The van der Waals surface area contributed by atoms with Crippen molar-refractivity contribution in [1.82, 2.24) is 15.1 Å². The van der Waals surface area contributed by atoms with Gasteiger partial charge in [-0.1, -0.05) is 6.92 Å². The highest BCUT2D eigenvalue weighted by Crippen LogP contribution is 2.30. The Morgan fingerprint density at radius 2 is 2.24 bits per heavy atom. The average Bonchev–Trinajstić information content (AvgIpc) is 2.93. The van der Waals surface area contributed by atoms with Crippen LogP contribution in [0.25, 0.3) is 0 Å². The van der Waals surface area contributed by atoms with Crippen molar-refractivity contribution in [2.75, 3.05) is 33.2 Å². The van der Waals surface area contributed by atoms with Crippen LogP contribution in [0.2, 0.25) is 0 Å². The van der Waals surface area contributed by atoms with E-state index in [0.29, 0.717) is 0 Å². The van der Waals surface area contributed by atoms with Crippen LogP contribution in [0, 0.1) is 5.92 Å². The van der Waals surface area contributed by atoms with Crippen molar-refractivity contribution < 1.29 is 4.42 Å². The third-order valence-corrected chi connectivity index (χ3v) is 5.10. The topological polar surface area (TPSA) is 31.7 Å². The smallest absolute Gasteiger partial charge is 0.118 e. The summed E-state index contributed by atoms with van der Waals surface area (Å²) in [5.41, 5.74) is 1.26. The predicted molar refractivity (Wildman–Crippen MR) is 85.1 cm³/mol. The van der Waals surface area contributed by atoms with Gasteiger partial charge in [-0.3, -0.25) is 4.90 Å². The van der Waals surface area contributed by atoms with Crippen molar-refractivity contribution in [3.05, 3.63) is 23.7 Å². The molecule has 0 amide bonds. The fraction of sp³-hybridized carbons (Fsp3) is 0.765. The predicted octanol–water partition coefficient (Wildman–Crippen LogP) is 2.31. The highest BCUT2D eigenvalue weighted by molar-refractivity contribution is 5.12. The second kappa shape index (κ2) is 6.95. The van der Waals surface area contributed by atoms with E-state index in [1.165, 1.54) is 44.5 Å². The molecular weight excluding hydrogens is 262 g/mol. The molecule has 2 aliphatic rings. The highest BCUT2D eigenvalue weighted by Gasteiger charge is 2.34. The van der Waals surface area contributed by atoms with Crippen molar-refractivity contribution in [1.29, 1.82) is 0 Å². The highest BCUT2D eigenvalue weighted by atomic mass is 16.3. The molecule has 2 saturated heterocycles.